The van der Waals surface area contributed by atoms with E-state index < -0.39 is 13.0 Å². The fourth-order valence-electron chi connectivity index (χ4n) is 3.55. The quantitative estimate of drug-likeness (QED) is 0.259. The second-order valence-electron chi connectivity index (χ2n) is 7.56. The summed E-state index contributed by atoms with van der Waals surface area (Å²) in [6.07, 6.45) is 0.994. The third-order valence-corrected chi connectivity index (χ3v) is 5.11. The topological polar surface area (TPSA) is 106 Å². The zero-order chi connectivity index (χ0) is 24.1. The number of amides is 1. The number of hydrogen-bond donors (Lipinski definition) is 2. The Balaban J connectivity index is 0.000000468. The Hall–Kier alpha value is -3.33. The average Bonchev–Trinajstić information content (AvgIpc) is 3.27. The van der Waals surface area contributed by atoms with E-state index in [-0.39, 0.29) is 17.8 Å². The maximum Gasteiger partial charge on any atom is 0.272 e. The summed E-state index contributed by atoms with van der Waals surface area (Å²) in [4.78, 5) is 13.5. The molecule has 0 radical (unpaired) electrons. The molecule has 1 heterocycles. The lowest BCUT2D eigenvalue weighted by atomic mass is 10.1. The molecule has 1 unspecified atom stereocenters. The molecule has 1 saturated heterocycles. The largest absolute Gasteiger partial charge is 0.470 e. The molecule has 2 aromatic rings. The summed E-state index contributed by atoms with van der Waals surface area (Å²) >= 11 is 0. The molecule has 33 heavy (non-hydrogen) atoms. The first-order chi connectivity index (χ1) is 15.9. The summed E-state index contributed by atoms with van der Waals surface area (Å²) in [5.41, 5.74) is 13.3. The highest BCUT2D eigenvalue weighted by atomic mass is 19.3. The van der Waals surface area contributed by atoms with Crippen molar-refractivity contribution >= 4 is 24.2 Å². The zero-order valence-corrected chi connectivity index (χ0v) is 18.6. The fourth-order valence-corrected chi connectivity index (χ4v) is 3.55. The number of likely N-dealkylation sites (tertiary alicyclic amines) is 1. The standard InChI is InChI=1S/C18H24F2N4O2.C6H7N/c1-22-23-18(26-12-16(19)20)14-8-6-13(7-9-14)4-2-10-24-11-3-5-15(24)17(21)25;7-6-4-2-1-3-5-6/h6-9,15-16H,1-5,10-12H2,(H2,21,25);1-5H,7H2/b23-18-;. The van der Waals surface area contributed by atoms with Crippen LogP contribution in [-0.4, -0.2) is 55.6 Å². The molecule has 178 valence electrons. The maximum atomic E-state index is 12.3. The van der Waals surface area contributed by atoms with Crippen LogP contribution < -0.4 is 11.5 Å². The number of ether oxygens (including phenoxy) is 1. The first kappa shape index (κ1) is 25.9. The van der Waals surface area contributed by atoms with Gasteiger partial charge in [0.25, 0.3) is 6.43 Å². The number of halogens is 2. The van der Waals surface area contributed by atoms with E-state index >= 15 is 0 Å². The number of alkyl halides is 2. The van der Waals surface area contributed by atoms with Gasteiger partial charge in [0.15, 0.2) is 6.61 Å². The molecule has 1 amide bonds. The minimum absolute atomic E-state index is 0.0215. The van der Waals surface area contributed by atoms with E-state index in [4.69, 9.17) is 16.2 Å². The number of rotatable bonds is 9. The van der Waals surface area contributed by atoms with Crippen LogP contribution in [0.2, 0.25) is 0 Å². The molecule has 3 rings (SSSR count). The summed E-state index contributed by atoms with van der Waals surface area (Å²) in [5, 5.41) is 7.01. The second-order valence-corrected chi connectivity index (χ2v) is 7.56. The predicted octanol–water partition coefficient (Wildman–Crippen LogP) is 3.48. The highest BCUT2D eigenvalue weighted by Gasteiger charge is 2.28. The van der Waals surface area contributed by atoms with Crippen LogP contribution in [0.25, 0.3) is 0 Å². The van der Waals surface area contributed by atoms with Crippen LogP contribution in [0.5, 0.6) is 0 Å². The first-order valence-electron chi connectivity index (χ1n) is 10.8. The molecular weight excluding hydrogens is 428 g/mol. The number of carbonyl (C=O) groups excluding carboxylic acids is 1. The van der Waals surface area contributed by atoms with Crippen LogP contribution in [-0.2, 0) is 16.0 Å². The second kappa shape index (κ2) is 13.9. The van der Waals surface area contributed by atoms with Gasteiger partial charge in [0, 0.05) is 18.0 Å². The van der Waals surface area contributed by atoms with Crippen LogP contribution in [0.4, 0.5) is 14.5 Å². The van der Waals surface area contributed by atoms with E-state index in [2.05, 4.69) is 21.8 Å². The number of anilines is 1. The van der Waals surface area contributed by atoms with Crippen LogP contribution in [0.15, 0.2) is 64.8 Å². The normalized spacial score (nSPS) is 16.2. The molecule has 1 fully saturated rings. The third-order valence-electron chi connectivity index (χ3n) is 5.11. The number of nitrogens with zero attached hydrogens (tertiary/aromatic N) is 3. The monoisotopic (exact) mass is 459 g/mol. The Morgan fingerprint density at radius 3 is 2.42 bits per heavy atom. The number of para-hydroxylation sites is 1. The molecular formula is C24H31F2N5O2. The Labute approximate surface area is 193 Å². The maximum absolute atomic E-state index is 12.3. The van der Waals surface area contributed by atoms with E-state index in [0.717, 1.165) is 50.0 Å². The molecule has 1 atom stereocenters. The lowest BCUT2D eigenvalue weighted by molar-refractivity contribution is -0.122. The van der Waals surface area contributed by atoms with Crippen LogP contribution in [0.1, 0.15) is 30.4 Å². The molecule has 0 spiro atoms. The zero-order valence-electron chi connectivity index (χ0n) is 18.6. The van der Waals surface area contributed by atoms with Crippen molar-refractivity contribution in [3.05, 3.63) is 65.7 Å². The van der Waals surface area contributed by atoms with Crippen molar-refractivity contribution in [1.29, 1.82) is 0 Å². The molecule has 0 bridgehead atoms. The minimum Gasteiger partial charge on any atom is -0.470 e. The van der Waals surface area contributed by atoms with Gasteiger partial charge in [-0.25, -0.2) is 8.78 Å². The number of aryl methyl sites for hydroxylation is 1. The van der Waals surface area contributed by atoms with Gasteiger partial charge in [-0.05, 0) is 68.6 Å². The number of nitrogen functional groups attached to an aromatic ring is 1. The molecule has 9 heteroatoms. The molecule has 1 aliphatic rings. The highest BCUT2D eigenvalue weighted by molar-refractivity contribution is 5.94. The lowest BCUT2D eigenvalue weighted by Gasteiger charge is -2.21. The highest BCUT2D eigenvalue weighted by Crippen LogP contribution is 2.18. The molecule has 0 aliphatic carbocycles. The van der Waals surface area contributed by atoms with Crippen molar-refractivity contribution in [3.63, 3.8) is 0 Å². The Morgan fingerprint density at radius 1 is 1.18 bits per heavy atom. The molecule has 0 saturated carbocycles. The van der Waals surface area contributed by atoms with E-state index in [1.807, 2.05) is 42.5 Å². The summed E-state index contributed by atoms with van der Waals surface area (Å²) in [5.74, 6) is -0.230. The van der Waals surface area contributed by atoms with Gasteiger partial charge in [0.1, 0.15) is 0 Å². The molecule has 0 aromatic heterocycles. The van der Waals surface area contributed by atoms with Gasteiger partial charge in [-0.1, -0.05) is 30.3 Å². The fraction of sp³-hybridized carbons (Fsp3) is 0.375. The predicted molar refractivity (Wildman–Crippen MR) is 127 cm³/mol. The summed E-state index contributed by atoms with van der Waals surface area (Å²) < 4.78 is 29.6. The van der Waals surface area contributed by atoms with Gasteiger partial charge in [-0.2, -0.15) is 5.10 Å². The number of hydrogen-bond acceptors (Lipinski definition) is 6. The minimum atomic E-state index is -2.58. The van der Waals surface area contributed by atoms with E-state index in [1.165, 1.54) is 0 Å². The van der Waals surface area contributed by atoms with Gasteiger partial charge in [0.05, 0.1) is 6.04 Å². The molecule has 7 nitrogen and oxygen atoms in total. The third kappa shape index (κ3) is 9.36. The van der Waals surface area contributed by atoms with Gasteiger partial charge in [-0.15, -0.1) is 5.10 Å². The van der Waals surface area contributed by atoms with Crippen molar-refractivity contribution < 1.29 is 18.3 Å². The Bertz CT molecular complexity index is 891. The summed E-state index contributed by atoms with van der Waals surface area (Å²) in [6, 6.07) is 16.7. The van der Waals surface area contributed by atoms with E-state index in [0.29, 0.717) is 5.56 Å². The number of carbonyl (C=O) groups is 1. The van der Waals surface area contributed by atoms with Crippen molar-refractivity contribution in [2.75, 3.05) is 25.4 Å². The van der Waals surface area contributed by atoms with E-state index in [9.17, 15) is 13.6 Å². The Kier molecular flexibility index (Phi) is 11.0. The van der Waals surface area contributed by atoms with Gasteiger partial charge < -0.3 is 16.2 Å². The summed E-state index contributed by atoms with van der Waals surface area (Å²) in [6.45, 7) is 4.21. The van der Waals surface area contributed by atoms with Gasteiger partial charge in [-0.3, -0.25) is 9.69 Å². The van der Waals surface area contributed by atoms with Crippen LogP contribution >= 0.6 is 0 Å². The lowest BCUT2D eigenvalue weighted by Crippen LogP contribution is -2.40. The smallest absolute Gasteiger partial charge is 0.272 e. The van der Waals surface area contributed by atoms with Crippen LogP contribution in [0.3, 0.4) is 0 Å². The first-order valence-corrected chi connectivity index (χ1v) is 10.8. The SMILES string of the molecule is C=N/N=C(\OCC(F)F)c1ccc(CCCN2CCCC2C(N)=O)cc1.Nc1ccccc1. The summed E-state index contributed by atoms with van der Waals surface area (Å²) in [7, 11) is 0. The van der Waals surface area contributed by atoms with Crippen molar-refractivity contribution in [3.8, 4) is 0 Å². The van der Waals surface area contributed by atoms with Gasteiger partial charge >= 0.3 is 0 Å². The molecule has 4 N–H and O–H groups in total. The number of benzene rings is 2. The van der Waals surface area contributed by atoms with Crippen molar-refractivity contribution in [1.82, 2.24) is 4.90 Å². The molecule has 1 aliphatic heterocycles. The van der Waals surface area contributed by atoms with E-state index in [1.54, 1.807) is 12.1 Å². The van der Waals surface area contributed by atoms with Crippen molar-refractivity contribution in [2.24, 2.45) is 15.9 Å². The Morgan fingerprint density at radius 2 is 1.88 bits per heavy atom. The number of nitrogens with two attached hydrogens (primary N) is 2. The molecule has 2 aromatic carbocycles. The average molecular weight is 460 g/mol. The number of primary amides is 1. The van der Waals surface area contributed by atoms with Gasteiger partial charge in [0.2, 0.25) is 11.8 Å². The van der Waals surface area contributed by atoms with Crippen LogP contribution in [0, 0.1) is 0 Å². The van der Waals surface area contributed by atoms with Crippen molar-refractivity contribution in [2.45, 2.75) is 38.2 Å².